The molecule has 3 heterocycles. The molecule has 0 saturated carbocycles. The molecule has 1 aromatic heterocycles. The summed E-state index contributed by atoms with van der Waals surface area (Å²) in [6, 6.07) is 5.18. The number of hydrogen-bond acceptors (Lipinski definition) is 4. The van der Waals surface area contributed by atoms with E-state index in [0.29, 0.717) is 11.3 Å². The number of aromatic nitrogens is 1. The second kappa shape index (κ2) is 4.86. The van der Waals surface area contributed by atoms with Crippen LogP contribution in [0.4, 0.5) is 0 Å². The lowest BCUT2D eigenvalue weighted by Crippen LogP contribution is -2.32. The van der Waals surface area contributed by atoms with Gasteiger partial charge in [-0.3, -0.25) is 9.00 Å². The van der Waals surface area contributed by atoms with Gasteiger partial charge in [-0.25, -0.2) is 4.98 Å². The summed E-state index contributed by atoms with van der Waals surface area (Å²) in [5.41, 5.74) is 0.887. The van der Waals surface area contributed by atoms with E-state index in [1.807, 2.05) is 6.07 Å². The molecular formula is C14H14N2O2S. The van der Waals surface area contributed by atoms with Crippen LogP contribution < -0.4 is 0 Å². The second-order valence-corrected chi connectivity index (χ2v) is 7.22. The van der Waals surface area contributed by atoms with E-state index in [4.69, 9.17) is 5.26 Å². The smallest absolute Gasteiger partial charge is 0.167 e. The first kappa shape index (κ1) is 12.5. The third kappa shape index (κ3) is 2.21. The maximum Gasteiger partial charge on any atom is 0.167 e. The highest BCUT2D eigenvalue weighted by Gasteiger charge is 2.42. The van der Waals surface area contributed by atoms with Crippen molar-refractivity contribution < 1.29 is 9.00 Å². The third-order valence-corrected chi connectivity index (χ3v) is 6.27. The van der Waals surface area contributed by atoms with E-state index in [0.717, 1.165) is 25.7 Å². The Morgan fingerprint density at radius 2 is 2.00 bits per heavy atom. The Morgan fingerprint density at radius 1 is 1.32 bits per heavy atom. The first-order chi connectivity index (χ1) is 9.19. The molecule has 2 aliphatic heterocycles. The number of Topliss-reactive ketones (excluding diaryl/α,β-unsaturated/α-hetero) is 1. The molecule has 0 amide bonds. The van der Waals surface area contributed by atoms with Crippen molar-refractivity contribution in [3.05, 3.63) is 29.6 Å². The van der Waals surface area contributed by atoms with Gasteiger partial charge in [-0.05, 0) is 37.8 Å². The van der Waals surface area contributed by atoms with E-state index in [2.05, 4.69) is 4.98 Å². The van der Waals surface area contributed by atoms with Gasteiger partial charge in [-0.2, -0.15) is 5.26 Å². The summed E-state index contributed by atoms with van der Waals surface area (Å²) >= 11 is 0. The molecule has 4 nitrogen and oxygen atoms in total. The van der Waals surface area contributed by atoms with Crippen LogP contribution in [0.3, 0.4) is 0 Å². The Bertz CT molecular complexity index is 560. The molecule has 2 aliphatic rings. The second-order valence-electron chi connectivity index (χ2n) is 5.23. The fourth-order valence-corrected chi connectivity index (χ4v) is 5.21. The molecule has 0 spiro atoms. The zero-order valence-electron chi connectivity index (χ0n) is 10.4. The van der Waals surface area contributed by atoms with E-state index in [1.165, 1.54) is 6.20 Å². The van der Waals surface area contributed by atoms with Gasteiger partial charge in [0.1, 0.15) is 11.8 Å². The van der Waals surface area contributed by atoms with E-state index < -0.39 is 10.8 Å². The first-order valence-electron chi connectivity index (χ1n) is 6.49. The zero-order chi connectivity index (χ0) is 13.4. The van der Waals surface area contributed by atoms with Crippen LogP contribution in [0.1, 0.15) is 41.7 Å². The van der Waals surface area contributed by atoms with Gasteiger partial charge >= 0.3 is 0 Å². The number of pyridine rings is 1. The molecule has 0 N–H and O–H groups in total. The van der Waals surface area contributed by atoms with Crippen LogP contribution in [-0.2, 0) is 10.8 Å². The maximum atomic E-state index is 12.4. The fourth-order valence-electron chi connectivity index (χ4n) is 3.09. The first-order valence-corrected chi connectivity index (χ1v) is 7.76. The number of carbonyl (C=O) groups excluding carboxylic acids is 1. The Kier molecular flexibility index (Phi) is 3.19. The van der Waals surface area contributed by atoms with Crippen LogP contribution in [0, 0.1) is 17.2 Å². The van der Waals surface area contributed by atoms with Gasteiger partial charge in [0.25, 0.3) is 0 Å². The predicted molar refractivity (Wildman–Crippen MR) is 71.0 cm³/mol. The molecule has 2 bridgehead atoms. The zero-order valence-corrected chi connectivity index (χ0v) is 11.2. The van der Waals surface area contributed by atoms with Crippen molar-refractivity contribution in [3.8, 4) is 6.07 Å². The van der Waals surface area contributed by atoms with Crippen molar-refractivity contribution in [3.63, 3.8) is 0 Å². The van der Waals surface area contributed by atoms with Crippen molar-refractivity contribution in [1.29, 1.82) is 5.26 Å². The topological polar surface area (TPSA) is 70.8 Å². The van der Waals surface area contributed by atoms with E-state index in [1.54, 1.807) is 12.1 Å². The minimum atomic E-state index is -0.728. The number of fused-ring (bicyclic) bond motifs is 2. The summed E-state index contributed by atoms with van der Waals surface area (Å²) in [6.45, 7) is 0. The van der Waals surface area contributed by atoms with E-state index in [9.17, 15) is 9.00 Å². The lowest BCUT2D eigenvalue weighted by Gasteiger charge is -2.26. The largest absolute Gasteiger partial charge is 0.294 e. The van der Waals surface area contributed by atoms with E-state index >= 15 is 0 Å². The van der Waals surface area contributed by atoms with Gasteiger partial charge in [0, 0.05) is 39.0 Å². The van der Waals surface area contributed by atoms with Crippen molar-refractivity contribution in [2.45, 2.75) is 36.2 Å². The molecule has 5 heteroatoms. The molecule has 98 valence electrons. The number of nitriles is 1. The quantitative estimate of drug-likeness (QED) is 0.771. The molecule has 2 unspecified atom stereocenters. The summed E-state index contributed by atoms with van der Waals surface area (Å²) in [5, 5.41) is 9.11. The highest BCUT2D eigenvalue weighted by molar-refractivity contribution is 7.86. The van der Waals surface area contributed by atoms with Crippen molar-refractivity contribution in [2.75, 3.05) is 0 Å². The molecule has 0 aliphatic carbocycles. The SMILES string of the molecule is N#Cc1ccc(C(=O)C2CC3CCC(C2)S3=O)cn1. The summed E-state index contributed by atoms with van der Waals surface area (Å²) in [5.74, 6) is 0.0653. The fraction of sp³-hybridized carbons (Fsp3) is 0.500. The lowest BCUT2D eigenvalue weighted by atomic mass is 9.91. The van der Waals surface area contributed by atoms with Crippen molar-refractivity contribution in [2.24, 2.45) is 5.92 Å². The summed E-state index contributed by atoms with van der Waals surface area (Å²) in [6.07, 6.45) is 4.94. The minimum Gasteiger partial charge on any atom is -0.294 e. The van der Waals surface area contributed by atoms with Crippen LogP contribution >= 0.6 is 0 Å². The molecule has 19 heavy (non-hydrogen) atoms. The predicted octanol–water partition coefficient (Wildman–Crippen LogP) is 1.83. The van der Waals surface area contributed by atoms with Gasteiger partial charge in [-0.1, -0.05) is 0 Å². The number of carbonyl (C=O) groups is 1. The van der Waals surface area contributed by atoms with Gasteiger partial charge < -0.3 is 0 Å². The molecule has 2 saturated heterocycles. The van der Waals surface area contributed by atoms with Gasteiger partial charge in [0.05, 0.1) is 0 Å². The number of hydrogen-bond donors (Lipinski definition) is 0. The average molecular weight is 274 g/mol. The molecule has 1 aromatic rings. The summed E-state index contributed by atoms with van der Waals surface area (Å²) in [7, 11) is -0.728. The maximum absolute atomic E-state index is 12.4. The highest BCUT2D eigenvalue weighted by atomic mass is 32.2. The molecular weight excluding hydrogens is 260 g/mol. The van der Waals surface area contributed by atoms with Crippen LogP contribution in [0.2, 0.25) is 0 Å². The minimum absolute atomic E-state index is 0.0232. The van der Waals surface area contributed by atoms with Gasteiger partial charge in [0.15, 0.2) is 5.78 Å². The Balaban J connectivity index is 1.77. The summed E-state index contributed by atoms with van der Waals surface area (Å²) in [4.78, 5) is 16.3. The Labute approximate surface area is 114 Å². The number of ketones is 1. The molecule has 0 aromatic carbocycles. The van der Waals surface area contributed by atoms with E-state index in [-0.39, 0.29) is 22.2 Å². The average Bonchev–Trinajstić information content (AvgIpc) is 2.68. The molecule has 0 radical (unpaired) electrons. The van der Waals surface area contributed by atoms with Crippen LogP contribution in [-0.4, -0.2) is 25.5 Å². The monoisotopic (exact) mass is 274 g/mol. The van der Waals surface area contributed by atoms with Gasteiger partial charge in [0.2, 0.25) is 0 Å². The standard InChI is InChI=1S/C14H14N2O2S/c15-7-11-2-1-9(8-16-11)14(17)10-5-12-3-4-13(6-10)19(12)18/h1-2,8,10,12-13H,3-6H2. The summed E-state index contributed by atoms with van der Waals surface area (Å²) < 4.78 is 11.9. The number of rotatable bonds is 2. The third-order valence-electron chi connectivity index (χ3n) is 4.10. The highest BCUT2D eigenvalue weighted by Crippen LogP contribution is 2.39. The normalized spacial score (nSPS) is 32.8. The number of nitrogens with zero attached hydrogens (tertiary/aromatic N) is 2. The van der Waals surface area contributed by atoms with Crippen LogP contribution in [0.15, 0.2) is 18.3 Å². The van der Waals surface area contributed by atoms with Crippen LogP contribution in [0.5, 0.6) is 0 Å². The molecule has 2 fully saturated rings. The Morgan fingerprint density at radius 3 is 2.53 bits per heavy atom. The van der Waals surface area contributed by atoms with Crippen LogP contribution in [0.25, 0.3) is 0 Å². The van der Waals surface area contributed by atoms with Gasteiger partial charge in [-0.15, -0.1) is 0 Å². The molecule has 2 atom stereocenters. The van der Waals surface area contributed by atoms with Crippen molar-refractivity contribution in [1.82, 2.24) is 4.98 Å². The Hall–Kier alpha value is -1.54. The molecule has 3 rings (SSSR count). The lowest BCUT2D eigenvalue weighted by molar-refractivity contribution is 0.0906. The van der Waals surface area contributed by atoms with Crippen molar-refractivity contribution >= 4 is 16.6 Å².